The van der Waals surface area contributed by atoms with E-state index in [1.165, 1.54) is 0 Å². The van der Waals surface area contributed by atoms with E-state index in [1.807, 2.05) is 55.5 Å². The maximum absolute atomic E-state index is 13.8. The number of rotatable bonds is 8. The van der Waals surface area contributed by atoms with E-state index in [1.54, 1.807) is 23.1 Å². The Morgan fingerprint density at radius 3 is 2.50 bits per heavy atom. The number of anilines is 1. The second-order valence-electron chi connectivity index (χ2n) is 8.57. The van der Waals surface area contributed by atoms with Crippen LogP contribution in [0.3, 0.4) is 0 Å². The van der Waals surface area contributed by atoms with Crippen molar-refractivity contribution in [2.45, 2.75) is 32.7 Å². The molecule has 0 saturated carbocycles. The van der Waals surface area contributed by atoms with Crippen molar-refractivity contribution < 1.29 is 18.7 Å². The molecule has 1 atom stereocenters. The lowest BCUT2D eigenvalue weighted by atomic mass is 9.97. The molecule has 0 spiro atoms. The number of nitrogens with zero attached hydrogens (tertiary/aromatic N) is 1. The number of unbranched alkanes of at least 4 members (excludes halogenated alkanes) is 1. The maximum atomic E-state index is 13.8. The summed E-state index contributed by atoms with van der Waals surface area (Å²) >= 11 is 3.44. The van der Waals surface area contributed by atoms with Gasteiger partial charge in [0.1, 0.15) is 5.58 Å². The number of ether oxygens (including phenoxy) is 2. The van der Waals surface area contributed by atoms with Crippen LogP contribution in [0.4, 0.5) is 5.69 Å². The Labute approximate surface area is 217 Å². The Bertz CT molecular complexity index is 1480. The lowest BCUT2D eigenvalue weighted by Crippen LogP contribution is -2.29. The molecule has 0 aliphatic carbocycles. The minimum atomic E-state index is -0.682. The van der Waals surface area contributed by atoms with Crippen molar-refractivity contribution in [1.82, 2.24) is 0 Å². The number of carbonyl (C=O) groups excluding carboxylic acids is 1. The fraction of sp³-hybridized carbons (Fsp3) is 0.241. The molecule has 0 radical (unpaired) electrons. The van der Waals surface area contributed by atoms with Crippen molar-refractivity contribution in [3.8, 4) is 11.5 Å². The molecule has 7 heteroatoms. The normalized spacial score (nSPS) is 14.8. The second kappa shape index (κ2) is 10.2. The van der Waals surface area contributed by atoms with Gasteiger partial charge in [-0.1, -0.05) is 53.5 Å². The van der Waals surface area contributed by atoms with Crippen molar-refractivity contribution in [3.63, 3.8) is 0 Å². The number of halogens is 1. The highest BCUT2D eigenvalue weighted by Crippen LogP contribution is 2.43. The minimum absolute atomic E-state index is 0.0601. The van der Waals surface area contributed by atoms with E-state index in [2.05, 4.69) is 22.9 Å². The Hall–Kier alpha value is -3.58. The van der Waals surface area contributed by atoms with Crippen molar-refractivity contribution in [3.05, 3.63) is 98.3 Å². The molecule has 1 aliphatic heterocycles. The largest absolute Gasteiger partial charge is 0.490 e. The first-order valence-electron chi connectivity index (χ1n) is 12.1. The van der Waals surface area contributed by atoms with Crippen LogP contribution >= 0.6 is 15.9 Å². The Kier molecular flexibility index (Phi) is 6.83. The van der Waals surface area contributed by atoms with Gasteiger partial charge in [-0.05, 0) is 61.4 Å². The lowest BCUT2D eigenvalue weighted by Gasteiger charge is -2.26. The third kappa shape index (κ3) is 4.28. The number of para-hydroxylation sites is 1. The van der Waals surface area contributed by atoms with Crippen molar-refractivity contribution in [2.24, 2.45) is 0 Å². The smallest absolute Gasteiger partial charge is 0.295 e. The summed E-state index contributed by atoms with van der Waals surface area (Å²) in [7, 11) is 0. The van der Waals surface area contributed by atoms with E-state index >= 15 is 0 Å². The highest BCUT2D eigenvalue weighted by atomic mass is 79.9. The first-order valence-corrected chi connectivity index (χ1v) is 12.9. The van der Waals surface area contributed by atoms with Crippen LogP contribution < -0.4 is 19.8 Å². The molecule has 0 N–H and O–H groups in total. The zero-order valence-electron chi connectivity index (χ0n) is 20.1. The summed E-state index contributed by atoms with van der Waals surface area (Å²) in [4.78, 5) is 29.2. The fourth-order valence-electron chi connectivity index (χ4n) is 4.52. The molecule has 1 amide bonds. The topological polar surface area (TPSA) is 69.0 Å². The SMILES string of the molecule is CCCCOc1ccc(C2c3c(oc4ccc(Br)cc4c3=O)C(=O)N2c2ccccc2)cc1OCC. The van der Waals surface area contributed by atoms with Crippen LogP contribution in [0.1, 0.15) is 54.4 Å². The number of hydrogen-bond donors (Lipinski definition) is 0. The van der Waals surface area contributed by atoms with Crippen LogP contribution in [-0.2, 0) is 0 Å². The quantitative estimate of drug-likeness (QED) is 0.225. The molecule has 3 aromatic carbocycles. The van der Waals surface area contributed by atoms with Crippen LogP contribution in [0.15, 0.2) is 80.4 Å². The molecule has 0 saturated heterocycles. The summed E-state index contributed by atoms with van der Waals surface area (Å²) in [6.45, 7) is 5.06. The molecule has 4 aromatic rings. The molecule has 1 unspecified atom stereocenters. The van der Waals surface area contributed by atoms with Gasteiger partial charge in [-0.3, -0.25) is 14.5 Å². The van der Waals surface area contributed by atoms with Gasteiger partial charge in [0.15, 0.2) is 16.9 Å². The first-order chi connectivity index (χ1) is 17.5. The number of amides is 1. The molecule has 1 aromatic heterocycles. The van der Waals surface area contributed by atoms with E-state index in [9.17, 15) is 9.59 Å². The van der Waals surface area contributed by atoms with Crippen LogP contribution in [0.5, 0.6) is 11.5 Å². The van der Waals surface area contributed by atoms with Gasteiger partial charge in [-0.15, -0.1) is 0 Å². The molecule has 2 heterocycles. The van der Waals surface area contributed by atoms with Crippen LogP contribution in [-0.4, -0.2) is 19.1 Å². The minimum Gasteiger partial charge on any atom is -0.490 e. The number of benzene rings is 3. The Morgan fingerprint density at radius 1 is 0.944 bits per heavy atom. The van der Waals surface area contributed by atoms with Gasteiger partial charge < -0.3 is 13.9 Å². The van der Waals surface area contributed by atoms with Crippen molar-refractivity contribution in [1.29, 1.82) is 0 Å². The Morgan fingerprint density at radius 2 is 1.75 bits per heavy atom. The number of hydrogen-bond acceptors (Lipinski definition) is 5. The van der Waals surface area contributed by atoms with Gasteiger partial charge in [0.2, 0.25) is 5.76 Å². The number of carbonyl (C=O) groups is 1. The van der Waals surface area contributed by atoms with E-state index in [-0.39, 0.29) is 17.1 Å². The zero-order chi connectivity index (χ0) is 25.2. The van der Waals surface area contributed by atoms with Crippen LogP contribution in [0.2, 0.25) is 0 Å². The number of fused-ring (bicyclic) bond motifs is 2. The predicted octanol–water partition coefficient (Wildman–Crippen LogP) is 6.88. The summed E-state index contributed by atoms with van der Waals surface area (Å²) in [6.07, 6.45) is 1.96. The molecule has 36 heavy (non-hydrogen) atoms. The van der Waals surface area contributed by atoms with E-state index in [4.69, 9.17) is 13.9 Å². The van der Waals surface area contributed by atoms with Gasteiger partial charge in [0, 0.05) is 10.2 Å². The van der Waals surface area contributed by atoms with Gasteiger partial charge in [0.25, 0.3) is 5.91 Å². The predicted molar refractivity (Wildman–Crippen MR) is 143 cm³/mol. The van der Waals surface area contributed by atoms with E-state index < -0.39 is 6.04 Å². The summed E-state index contributed by atoms with van der Waals surface area (Å²) < 4.78 is 18.7. The summed E-state index contributed by atoms with van der Waals surface area (Å²) in [6, 6.07) is 19.4. The molecule has 5 rings (SSSR count). The maximum Gasteiger partial charge on any atom is 0.295 e. The first kappa shape index (κ1) is 24.1. The molecule has 6 nitrogen and oxygen atoms in total. The molecule has 1 aliphatic rings. The van der Waals surface area contributed by atoms with Crippen molar-refractivity contribution in [2.75, 3.05) is 18.1 Å². The highest BCUT2D eigenvalue weighted by molar-refractivity contribution is 9.10. The zero-order valence-corrected chi connectivity index (χ0v) is 21.7. The van der Waals surface area contributed by atoms with Gasteiger partial charge >= 0.3 is 0 Å². The second-order valence-corrected chi connectivity index (χ2v) is 9.48. The average molecular weight is 548 g/mol. The molecular weight excluding hydrogens is 522 g/mol. The van der Waals surface area contributed by atoms with E-state index in [0.717, 1.165) is 22.9 Å². The average Bonchev–Trinajstić information content (AvgIpc) is 3.18. The van der Waals surface area contributed by atoms with Gasteiger partial charge in [-0.2, -0.15) is 0 Å². The Balaban J connectivity index is 1.71. The van der Waals surface area contributed by atoms with Gasteiger partial charge in [-0.25, -0.2) is 0 Å². The van der Waals surface area contributed by atoms with Crippen molar-refractivity contribution >= 4 is 38.5 Å². The monoisotopic (exact) mass is 547 g/mol. The highest BCUT2D eigenvalue weighted by Gasteiger charge is 2.44. The summed E-state index contributed by atoms with van der Waals surface area (Å²) in [5, 5.41) is 0.417. The lowest BCUT2D eigenvalue weighted by molar-refractivity contribution is 0.0971. The van der Waals surface area contributed by atoms with Crippen LogP contribution in [0, 0.1) is 0 Å². The van der Waals surface area contributed by atoms with Crippen LogP contribution in [0.25, 0.3) is 11.0 Å². The fourth-order valence-corrected chi connectivity index (χ4v) is 4.89. The third-order valence-electron chi connectivity index (χ3n) is 6.21. The summed E-state index contributed by atoms with van der Waals surface area (Å²) in [5.41, 5.74) is 1.87. The molecule has 184 valence electrons. The summed E-state index contributed by atoms with van der Waals surface area (Å²) in [5.74, 6) is 0.918. The molecule has 0 fully saturated rings. The molecular formula is C29H26BrNO5. The standard InChI is InChI=1S/C29H26BrNO5/c1-3-5-15-35-23-13-11-18(16-24(23)34-4-2)26-25-27(32)21-17-19(30)12-14-22(21)36-28(25)29(33)31(26)20-9-7-6-8-10-20/h6-14,16-17,26H,3-5,15H2,1-2H3. The molecule has 0 bridgehead atoms. The third-order valence-corrected chi connectivity index (χ3v) is 6.70. The van der Waals surface area contributed by atoms with Gasteiger partial charge in [0.05, 0.1) is 30.2 Å². The van der Waals surface area contributed by atoms with E-state index in [0.29, 0.717) is 46.9 Å².